The van der Waals surface area contributed by atoms with E-state index in [0.717, 1.165) is 43.0 Å². The van der Waals surface area contributed by atoms with Crippen molar-refractivity contribution in [3.05, 3.63) is 41.3 Å². The number of rotatable bonds is 3. The number of halogens is 1. The van der Waals surface area contributed by atoms with Crippen molar-refractivity contribution in [2.45, 2.75) is 25.3 Å². The van der Waals surface area contributed by atoms with Crippen molar-refractivity contribution >= 4 is 23.4 Å². The van der Waals surface area contributed by atoms with Crippen LogP contribution in [0, 0.1) is 5.82 Å². The molecule has 1 aromatic carbocycles. The lowest BCUT2D eigenvalue weighted by Crippen LogP contribution is -2.28. The van der Waals surface area contributed by atoms with Crippen LogP contribution in [0.2, 0.25) is 0 Å². The summed E-state index contributed by atoms with van der Waals surface area (Å²) in [6.45, 7) is 2.23. The van der Waals surface area contributed by atoms with E-state index in [4.69, 9.17) is 5.73 Å². The predicted octanol–water partition coefficient (Wildman–Crippen LogP) is 1.10. The fraction of sp³-hybridized carbons (Fsp3) is 0.389. The molecule has 2 aromatic rings. The van der Waals surface area contributed by atoms with Gasteiger partial charge < -0.3 is 21.3 Å². The second kappa shape index (κ2) is 6.87. The molecule has 1 amide bonds. The molecule has 2 aliphatic heterocycles. The fourth-order valence-corrected chi connectivity index (χ4v) is 3.55. The maximum Gasteiger partial charge on any atom is 0.229 e. The molecule has 26 heavy (non-hydrogen) atoms. The van der Waals surface area contributed by atoms with Crippen molar-refractivity contribution in [2.75, 3.05) is 35.6 Å². The molecule has 4 rings (SSSR count). The fourth-order valence-electron chi connectivity index (χ4n) is 3.55. The van der Waals surface area contributed by atoms with Gasteiger partial charge in [-0.25, -0.2) is 9.37 Å². The Morgan fingerprint density at radius 1 is 1.19 bits per heavy atom. The number of nitrogen functional groups attached to an aromatic ring is 1. The molecule has 0 unspecified atom stereocenters. The first-order chi connectivity index (χ1) is 12.6. The highest BCUT2D eigenvalue weighted by Gasteiger charge is 2.31. The summed E-state index contributed by atoms with van der Waals surface area (Å²) >= 11 is 0. The molecule has 1 fully saturated rings. The number of carbonyl (C=O) groups excluding carboxylic acids is 1. The first-order valence-electron chi connectivity index (χ1n) is 8.78. The quantitative estimate of drug-likeness (QED) is 0.762. The Morgan fingerprint density at radius 2 is 1.96 bits per heavy atom. The second-order valence-corrected chi connectivity index (χ2v) is 6.63. The number of fused-ring (bicyclic) bond motifs is 1. The summed E-state index contributed by atoms with van der Waals surface area (Å²) in [5.41, 5.74) is 8.60. The van der Waals surface area contributed by atoms with Crippen LogP contribution >= 0.6 is 0 Å². The molecule has 0 saturated carbocycles. The minimum atomic E-state index is -0.317. The van der Waals surface area contributed by atoms with Crippen molar-refractivity contribution in [3.8, 4) is 0 Å². The van der Waals surface area contributed by atoms with Crippen LogP contribution in [-0.4, -0.2) is 41.6 Å². The van der Waals surface area contributed by atoms with Crippen LogP contribution in [0.1, 0.15) is 17.7 Å². The van der Waals surface area contributed by atoms with E-state index < -0.39 is 0 Å². The number of benzene rings is 1. The Labute approximate surface area is 150 Å². The van der Waals surface area contributed by atoms with Gasteiger partial charge in [0.1, 0.15) is 11.6 Å². The minimum Gasteiger partial charge on any atom is -0.368 e. The van der Waals surface area contributed by atoms with Crippen LogP contribution < -0.4 is 21.3 Å². The van der Waals surface area contributed by atoms with Crippen molar-refractivity contribution in [1.82, 2.24) is 15.3 Å². The van der Waals surface area contributed by atoms with E-state index in [1.54, 1.807) is 17.0 Å². The van der Waals surface area contributed by atoms with Gasteiger partial charge in [0.2, 0.25) is 11.9 Å². The third-order valence-corrected chi connectivity index (χ3v) is 4.80. The number of amides is 1. The number of carbonyl (C=O) groups is 1. The Hall–Kier alpha value is -2.74. The molecule has 0 aliphatic carbocycles. The van der Waals surface area contributed by atoms with Gasteiger partial charge in [-0.3, -0.25) is 4.79 Å². The summed E-state index contributed by atoms with van der Waals surface area (Å²) < 4.78 is 13.1. The number of hydrogen-bond acceptors (Lipinski definition) is 6. The summed E-state index contributed by atoms with van der Waals surface area (Å²) in [4.78, 5) is 22.8. The van der Waals surface area contributed by atoms with Crippen LogP contribution in [0.15, 0.2) is 24.3 Å². The molecule has 0 radical (unpaired) electrons. The maximum absolute atomic E-state index is 13.1. The monoisotopic (exact) mass is 356 g/mol. The summed E-state index contributed by atoms with van der Waals surface area (Å²) in [6.07, 6.45) is 1.98. The third kappa shape index (κ3) is 3.32. The molecule has 1 saturated heterocycles. The smallest absolute Gasteiger partial charge is 0.229 e. The zero-order valence-electron chi connectivity index (χ0n) is 14.3. The van der Waals surface area contributed by atoms with Gasteiger partial charge in [-0.05, 0) is 37.2 Å². The zero-order valence-corrected chi connectivity index (χ0v) is 14.3. The van der Waals surface area contributed by atoms with Crippen LogP contribution in [0.25, 0.3) is 0 Å². The maximum atomic E-state index is 13.1. The first-order valence-corrected chi connectivity index (χ1v) is 8.78. The molecule has 136 valence electrons. The van der Waals surface area contributed by atoms with E-state index in [-0.39, 0.29) is 23.7 Å². The van der Waals surface area contributed by atoms with Crippen LogP contribution in [0.3, 0.4) is 0 Å². The molecule has 7 nitrogen and oxygen atoms in total. The number of anilines is 3. The number of aromatic nitrogens is 2. The molecule has 1 aromatic heterocycles. The van der Waals surface area contributed by atoms with Crippen molar-refractivity contribution in [3.63, 3.8) is 0 Å². The van der Waals surface area contributed by atoms with Crippen LogP contribution in [0.4, 0.5) is 21.8 Å². The lowest BCUT2D eigenvalue weighted by Gasteiger charge is -2.19. The Balaban J connectivity index is 1.54. The minimum absolute atomic E-state index is 0.00360. The van der Waals surface area contributed by atoms with Gasteiger partial charge in [-0.15, -0.1) is 0 Å². The van der Waals surface area contributed by atoms with E-state index in [0.29, 0.717) is 18.7 Å². The summed E-state index contributed by atoms with van der Waals surface area (Å²) in [5.74, 6) is 0.648. The highest BCUT2D eigenvalue weighted by Crippen LogP contribution is 2.26. The second-order valence-electron chi connectivity index (χ2n) is 6.63. The largest absolute Gasteiger partial charge is 0.368 e. The first kappa shape index (κ1) is 16.7. The molecule has 0 bridgehead atoms. The van der Waals surface area contributed by atoms with E-state index in [1.165, 1.54) is 12.1 Å². The number of nitrogens with zero attached hydrogens (tertiary/aromatic N) is 3. The van der Waals surface area contributed by atoms with Gasteiger partial charge >= 0.3 is 0 Å². The summed E-state index contributed by atoms with van der Waals surface area (Å²) in [7, 11) is 0. The topological polar surface area (TPSA) is 96.2 Å². The van der Waals surface area contributed by atoms with Crippen molar-refractivity contribution in [2.24, 2.45) is 0 Å². The van der Waals surface area contributed by atoms with Gasteiger partial charge in [0.25, 0.3) is 0 Å². The number of hydrogen-bond donors (Lipinski definition) is 3. The molecule has 2 aliphatic rings. The molecular weight excluding hydrogens is 335 g/mol. The number of nitrogens with one attached hydrogen (secondary N) is 2. The SMILES string of the molecule is Nc1nc2c(c(N[C@@H]3CC(=O)N(c4ccc(F)cc4)C3)n1)CCNCC2. The standard InChI is InChI=1S/C18H21FN6O/c19-11-1-3-13(4-2-11)25-10-12(9-16(25)26)22-17-14-5-7-21-8-6-15(14)23-18(20)24-17/h1-4,12,21H,5-10H2,(H3,20,22,23,24)/t12-/m1/s1. The van der Waals surface area contributed by atoms with E-state index in [1.807, 2.05) is 0 Å². The van der Waals surface area contributed by atoms with E-state index in [9.17, 15) is 9.18 Å². The Morgan fingerprint density at radius 3 is 2.77 bits per heavy atom. The summed E-state index contributed by atoms with van der Waals surface area (Å²) in [5, 5.41) is 6.73. The van der Waals surface area contributed by atoms with Gasteiger partial charge in [-0.2, -0.15) is 4.98 Å². The summed E-state index contributed by atoms with van der Waals surface area (Å²) in [6, 6.07) is 5.89. The average Bonchev–Trinajstić information content (AvgIpc) is 2.82. The van der Waals surface area contributed by atoms with Gasteiger partial charge in [0, 0.05) is 37.2 Å². The predicted molar refractivity (Wildman–Crippen MR) is 97.5 cm³/mol. The molecule has 1 atom stereocenters. The van der Waals surface area contributed by atoms with Crippen molar-refractivity contribution < 1.29 is 9.18 Å². The molecule has 4 N–H and O–H groups in total. The van der Waals surface area contributed by atoms with E-state index >= 15 is 0 Å². The van der Waals surface area contributed by atoms with Gasteiger partial charge in [-0.1, -0.05) is 0 Å². The molecule has 8 heteroatoms. The lowest BCUT2D eigenvalue weighted by molar-refractivity contribution is -0.117. The highest BCUT2D eigenvalue weighted by atomic mass is 19.1. The Kier molecular flexibility index (Phi) is 4.42. The van der Waals surface area contributed by atoms with E-state index in [2.05, 4.69) is 20.6 Å². The number of nitrogens with two attached hydrogens (primary N) is 1. The van der Waals surface area contributed by atoms with Crippen molar-refractivity contribution in [1.29, 1.82) is 0 Å². The van der Waals surface area contributed by atoms with Crippen LogP contribution in [-0.2, 0) is 17.6 Å². The van der Waals surface area contributed by atoms with Gasteiger partial charge in [0.05, 0.1) is 11.7 Å². The average molecular weight is 356 g/mol. The zero-order chi connectivity index (χ0) is 18.1. The molecule has 3 heterocycles. The molecule has 0 spiro atoms. The lowest BCUT2D eigenvalue weighted by atomic mass is 10.1. The normalized spacial score (nSPS) is 20.0. The third-order valence-electron chi connectivity index (χ3n) is 4.80. The van der Waals surface area contributed by atoms with Crippen LogP contribution in [0.5, 0.6) is 0 Å². The highest BCUT2D eigenvalue weighted by molar-refractivity contribution is 5.96. The molecular formula is C18H21FN6O. The Bertz CT molecular complexity index is 825. The van der Waals surface area contributed by atoms with Gasteiger partial charge in [0.15, 0.2) is 0 Å².